The van der Waals surface area contributed by atoms with Gasteiger partial charge in [-0.15, -0.1) is 0 Å². The van der Waals surface area contributed by atoms with Crippen molar-refractivity contribution in [2.75, 3.05) is 6.54 Å². The third kappa shape index (κ3) is 5.02. The number of ether oxygens (including phenoxy) is 1. The second-order valence-electron chi connectivity index (χ2n) is 11.0. The first-order chi connectivity index (χ1) is 16.8. The summed E-state index contributed by atoms with van der Waals surface area (Å²) >= 11 is 0. The average molecular weight is 482 g/mol. The molecular formula is C27H35N3O5. The first-order valence-corrected chi connectivity index (χ1v) is 12.8. The molecule has 4 fully saturated rings. The molecule has 6 rings (SSSR count). The second kappa shape index (κ2) is 9.55. The number of aliphatic carboxylic acids is 1. The number of aromatic amines is 1. The van der Waals surface area contributed by atoms with Crippen LogP contribution >= 0.6 is 0 Å². The maximum Gasteiger partial charge on any atom is 0.408 e. The van der Waals surface area contributed by atoms with Gasteiger partial charge in [0, 0.05) is 36.5 Å². The maximum absolute atomic E-state index is 13.3. The number of fused-ring (bicyclic) bond motifs is 1. The molecule has 1 unspecified atom stereocenters. The Morgan fingerprint density at radius 2 is 1.77 bits per heavy atom. The van der Waals surface area contributed by atoms with Crippen LogP contribution in [0.1, 0.15) is 57.4 Å². The van der Waals surface area contributed by atoms with Crippen LogP contribution < -0.4 is 10.6 Å². The Kier molecular flexibility index (Phi) is 6.47. The molecule has 0 spiro atoms. The second-order valence-corrected chi connectivity index (χ2v) is 11.0. The highest BCUT2D eigenvalue weighted by atomic mass is 16.6. The van der Waals surface area contributed by atoms with Gasteiger partial charge in [-0.2, -0.15) is 0 Å². The van der Waals surface area contributed by atoms with Crippen LogP contribution in [0.2, 0.25) is 0 Å². The number of carboxylic acids is 1. The van der Waals surface area contributed by atoms with Crippen LogP contribution in [0.15, 0.2) is 30.5 Å². The Bertz CT molecular complexity index is 1080. The molecule has 1 atom stereocenters. The smallest absolute Gasteiger partial charge is 0.408 e. The Morgan fingerprint density at radius 3 is 2.46 bits per heavy atom. The zero-order chi connectivity index (χ0) is 24.6. The number of para-hydroxylation sites is 1. The van der Waals surface area contributed by atoms with E-state index in [-0.39, 0.29) is 31.4 Å². The summed E-state index contributed by atoms with van der Waals surface area (Å²) in [6.45, 7) is 1.93. The zero-order valence-corrected chi connectivity index (χ0v) is 20.2. The molecule has 8 heteroatoms. The number of hydrogen-bond acceptors (Lipinski definition) is 4. The van der Waals surface area contributed by atoms with Gasteiger partial charge in [0.2, 0.25) is 5.91 Å². The summed E-state index contributed by atoms with van der Waals surface area (Å²) in [5, 5.41) is 15.6. The van der Waals surface area contributed by atoms with Gasteiger partial charge in [-0.3, -0.25) is 9.59 Å². The number of rotatable bonds is 9. The monoisotopic (exact) mass is 481 g/mol. The lowest BCUT2D eigenvalue weighted by Crippen LogP contribution is -2.59. The molecule has 1 aromatic carbocycles. The van der Waals surface area contributed by atoms with E-state index in [0.717, 1.165) is 54.0 Å². The number of aromatic nitrogens is 1. The van der Waals surface area contributed by atoms with Crippen molar-refractivity contribution in [1.29, 1.82) is 0 Å². The number of benzene rings is 1. The van der Waals surface area contributed by atoms with Crippen molar-refractivity contribution in [3.05, 3.63) is 36.0 Å². The van der Waals surface area contributed by atoms with Gasteiger partial charge in [-0.05, 0) is 80.8 Å². The molecule has 4 bridgehead atoms. The van der Waals surface area contributed by atoms with Crippen molar-refractivity contribution in [2.24, 2.45) is 23.7 Å². The van der Waals surface area contributed by atoms with Crippen LogP contribution in [0.5, 0.6) is 0 Å². The van der Waals surface area contributed by atoms with E-state index in [1.807, 2.05) is 30.5 Å². The summed E-state index contributed by atoms with van der Waals surface area (Å²) < 4.78 is 6.02. The Hall–Kier alpha value is -3.03. The summed E-state index contributed by atoms with van der Waals surface area (Å²) in [6.07, 6.45) is 7.71. The summed E-state index contributed by atoms with van der Waals surface area (Å²) in [7, 11) is 0. The maximum atomic E-state index is 13.3. The third-order valence-corrected chi connectivity index (χ3v) is 8.33. The molecule has 188 valence electrons. The molecule has 35 heavy (non-hydrogen) atoms. The van der Waals surface area contributed by atoms with Gasteiger partial charge in [0.25, 0.3) is 0 Å². The molecule has 4 aliphatic carbocycles. The molecule has 8 nitrogen and oxygen atoms in total. The number of nitrogens with one attached hydrogen (secondary N) is 3. The predicted molar refractivity (Wildman–Crippen MR) is 131 cm³/mol. The Balaban J connectivity index is 1.30. The molecule has 1 aromatic heterocycles. The number of amides is 2. The van der Waals surface area contributed by atoms with Crippen molar-refractivity contribution >= 4 is 28.9 Å². The van der Waals surface area contributed by atoms with Crippen LogP contribution in [0.25, 0.3) is 10.9 Å². The molecule has 4 saturated carbocycles. The van der Waals surface area contributed by atoms with Gasteiger partial charge in [0.05, 0.1) is 0 Å². The highest BCUT2D eigenvalue weighted by Gasteiger charge is 2.50. The van der Waals surface area contributed by atoms with E-state index in [2.05, 4.69) is 15.6 Å². The summed E-state index contributed by atoms with van der Waals surface area (Å²) in [6, 6.07) is 7.84. The fourth-order valence-corrected chi connectivity index (χ4v) is 6.92. The van der Waals surface area contributed by atoms with Gasteiger partial charge in [0.1, 0.15) is 11.6 Å². The minimum absolute atomic E-state index is 0.0264. The number of hydrogen-bond donors (Lipinski definition) is 4. The first kappa shape index (κ1) is 23.7. The van der Waals surface area contributed by atoms with Gasteiger partial charge >= 0.3 is 12.1 Å². The normalized spacial score (nSPS) is 28.4. The van der Waals surface area contributed by atoms with E-state index in [4.69, 9.17) is 9.84 Å². The fraction of sp³-hybridized carbons (Fsp3) is 0.593. The van der Waals surface area contributed by atoms with Crippen molar-refractivity contribution in [3.63, 3.8) is 0 Å². The van der Waals surface area contributed by atoms with Gasteiger partial charge in [-0.1, -0.05) is 18.2 Å². The largest absolute Gasteiger partial charge is 0.481 e. The molecule has 2 amide bonds. The fourth-order valence-electron chi connectivity index (χ4n) is 6.92. The van der Waals surface area contributed by atoms with E-state index in [1.54, 1.807) is 6.92 Å². The van der Waals surface area contributed by atoms with Crippen LogP contribution in [-0.2, 0) is 20.7 Å². The lowest BCUT2D eigenvalue weighted by molar-refractivity contribution is -0.137. The molecule has 4 aliphatic rings. The summed E-state index contributed by atoms with van der Waals surface area (Å²) in [5.74, 6) is 1.17. The molecule has 0 aliphatic heterocycles. The van der Waals surface area contributed by atoms with Crippen LogP contribution in [0, 0.1) is 23.7 Å². The van der Waals surface area contributed by atoms with Crippen LogP contribution in [0.3, 0.4) is 0 Å². The van der Waals surface area contributed by atoms with E-state index < -0.39 is 17.6 Å². The van der Waals surface area contributed by atoms with E-state index in [1.165, 1.54) is 6.42 Å². The molecule has 1 heterocycles. The average Bonchev–Trinajstić information content (AvgIpc) is 3.21. The third-order valence-electron chi connectivity index (χ3n) is 8.33. The topological polar surface area (TPSA) is 121 Å². The number of carbonyl (C=O) groups is 3. The standard InChI is InChI=1S/C27H35N3O5/c1-27(25(33)28-8-4-7-23(31)32,14-20-15-29-22-6-3-2-5-21(20)22)30-26(34)35-24-18-10-16-9-17(12-18)13-19(24)11-16/h2-3,5-6,15-19,24,29H,4,7-14H2,1H3,(H,28,33)(H,30,34)(H,31,32). The SMILES string of the molecule is CC(Cc1c[nH]c2ccccc12)(NC(=O)OC1C2CC3CC(C2)CC1C3)C(=O)NCCCC(=O)O. The van der Waals surface area contributed by atoms with Gasteiger partial charge in [0.15, 0.2) is 0 Å². The van der Waals surface area contributed by atoms with Crippen molar-refractivity contribution in [1.82, 2.24) is 15.6 Å². The van der Waals surface area contributed by atoms with Crippen LogP contribution in [0.4, 0.5) is 4.79 Å². The molecular weight excluding hydrogens is 446 g/mol. The lowest BCUT2D eigenvalue weighted by Gasteiger charge is -2.53. The number of carbonyl (C=O) groups excluding carboxylic acids is 2. The summed E-state index contributed by atoms with van der Waals surface area (Å²) in [4.78, 5) is 40.5. The highest BCUT2D eigenvalue weighted by Crippen LogP contribution is 2.54. The van der Waals surface area contributed by atoms with Crippen molar-refractivity contribution in [3.8, 4) is 0 Å². The Labute approximate surface area is 205 Å². The number of carboxylic acid groups (broad SMARTS) is 1. The van der Waals surface area contributed by atoms with Gasteiger partial charge in [-0.25, -0.2) is 4.79 Å². The van der Waals surface area contributed by atoms with E-state index in [9.17, 15) is 14.4 Å². The number of H-pyrrole nitrogens is 1. The minimum atomic E-state index is -1.25. The highest BCUT2D eigenvalue weighted by molar-refractivity contribution is 5.91. The number of alkyl carbamates (subject to hydrolysis) is 1. The van der Waals surface area contributed by atoms with E-state index >= 15 is 0 Å². The molecule has 0 radical (unpaired) electrons. The molecule has 2 aromatic rings. The molecule has 0 saturated heterocycles. The molecule has 4 N–H and O–H groups in total. The van der Waals surface area contributed by atoms with Gasteiger partial charge < -0.3 is 25.5 Å². The van der Waals surface area contributed by atoms with E-state index in [0.29, 0.717) is 18.3 Å². The quantitative estimate of drug-likeness (QED) is 0.404. The van der Waals surface area contributed by atoms with Crippen molar-refractivity contribution in [2.45, 2.75) is 69.9 Å². The van der Waals surface area contributed by atoms with Crippen molar-refractivity contribution < 1.29 is 24.2 Å². The Morgan fingerprint density at radius 1 is 1.09 bits per heavy atom. The minimum Gasteiger partial charge on any atom is -0.481 e. The van der Waals surface area contributed by atoms with Crippen LogP contribution in [-0.4, -0.2) is 46.2 Å². The summed E-state index contributed by atoms with van der Waals surface area (Å²) in [5.41, 5.74) is 0.624. The first-order valence-electron chi connectivity index (χ1n) is 12.8. The predicted octanol–water partition coefficient (Wildman–Crippen LogP) is 4.00. The zero-order valence-electron chi connectivity index (χ0n) is 20.2. The lowest BCUT2D eigenvalue weighted by atomic mass is 9.55.